The van der Waals surface area contributed by atoms with Crippen LogP contribution in [-0.2, 0) is 0 Å². The van der Waals surface area contributed by atoms with Crippen molar-refractivity contribution in [2.75, 3.05) is 0 Å². The fourth-order valence-corrected chi connectivity index (χ4v) is 3.57. The van der Waals surface area contributed by atoms with Gasteiger partial charge in [-0.3, -0.25) is 4.79 Å². The van der Waals surface area contributed by atoms with E-state index in [0.717, 1.165) is 11.3 Å². The Bertz CT molecular complexity index is 1250. The van der Waals surface area contributed by atoms with Crippen LogP contribution in [0.5, 0.6) is 0 Å². The van der Waals surface area contributed by atoms with E-state index in [1.54, 1.807) is 18.6 Å². The van der Waals surface area contributed by atoms with Crippen LogP contribution in [0.3, 0.4) is 0 Å². The van der Waals surface area contributed by atoms with Crippen LogP contribution in [0.2, 0.25) is 10.0 Å². The van der Waals surface area contributed by atoms with Crippen LogP contribution in [-0.4, -0.2) is 15.5 Å². The zero-order valence-corrected chi connectivity index (χ0v) is 16.7. The largest absolute Gasteiger partial charge is 0.421 e. The van der Waals surface area contributed by atoms with Crippen LogP contribution in [0, 0.1) is 0 Å². The van der Waals surface area contributed by atoms with E-state index in [9.17, 15) is 9.59 Å². The van der Waals surface area contributed by atoms with Crippen LogP contribution in [0.15, 0.2) is 70.4 Å². The first kappa shape index (κ1) is 19.2. The monoisotopic (exact) mass is 427 g/mol. The zero-order chi connectivity index (χ0) is 20.5. The van der Waals surface area contributed by atoms with E-state index in [1.807, 2.05) is 42.0 Å². The molecule has 1 amide bonds. The highest BCUT2D eigenvalue weighted by Gasteiger charge is 2.18. The van der Waals surface area contributed by atoms with Gasteiger partial charge in [0.2, 0.25) is 0 Å². The molecule has 0 aliphatic carbocycles. The van der Waals surface area contributed by atoms with Crippen molar-refractivity contribution in [2.45, 2.75) is 13.0 Å². The van der Waals surface area contributed by atoms with Crippen molar-refractivity contribution in [1.82, 2.24) is 14.9 Å². The van der Waals surface area contributed by atoms with Crippen LogP contribution in [0.25, 0.3) is 16.7 Å². The third-order valence-electron chi connectivity index (χ3n) is 4.54. The number of benzene rings is 2. The van der Waals surface area contributed by atoms with Crippen molar-refractivity contribution in [1.29, 1.82) is 0 Å². The quantitative estimate of drug-likeness (QED) is 0.475. The molecule has 146 valence electrons. The SMILES string of the molecule is C[C@H](NC(=O)c1cc2cc(Cl)cc(Cl)c2oc1=O)c1ccc(-n2ccnc2)cc1. The van der Waals surface area contributed by atoms with Crippen molar-refractivity contribution < 1.29 is 9.21 Å². The predicted octanol–water partition coefficient (Wildman–Crippen LogP) is 4.78. The summed E-state index contributed by atoms with van der Waals surface area (Å²) in [4.78, 5) is 29.0. The Morgan fingerprint density at radius 2 is 1.93 bits per heavy atom. The minimum Gasteiger partial charge on any atom is -0.421 e. The molecule has 0 unspecified atom stereocenters. The Balaban J connectivity index is 1.57. The van der Waals surface area contributed by atoms with Gasteiger partial charge in [-0.1, -0.05) is 35.3 Å². The molecule has 0 bridgehead atoms. The number of nitrogens with one attached hydrogen (secondary N) is 1. The number of hydrogen-bond donors (Lipinski definition) is 1. The van der Waals surface area contributed by atoms with Crippen LogP contribution >= 0.6 is 23.2 Å². The van der Waals surface area contributed by atoms with Crippen LogP contribution < -0.4 is 10.9 Å². The highest BCUT2D eigenvalue weighted by Crippen LogP contribution is 2.27. The molecule has 0 saturated heterocycles. The summed E-state index contributed by atoms with van der Waals surface area (Å²) in [7, 11) is 0. The molecule has 0 aliphatic rings. The lowest BCUT2D eigenvalue weighted by atomic mass is 10.1. The summed E-state index contributed by atoms with van der Waals surface area (Å²) in [6, 6.07) is 11.8. The van der Waals surface area contributed by atoms with E-state index >= 15 is 0 Å². The molecule has 2 heterocycles. The lowest BCUT2D eigenvalue weighted by Gasteiger charge is -2.15. The van der Waals surface area contributed by atoms with Crippen molar-refractivity contribution in [2.24, 2.45) is 0 Å². The van der Waals surface area contributed by atoms with Gasteiger partial charge < -0.3 is 14.3 Å². The van der Waals surface area contributed by atoms with E-state index in [4.69, 9.17) is 27.6 Å². The number of carbonyl (C=O) groups excluding carboxylic acids is 1. The molecule has 0 radical (unpaired) electrons. The zero-order valence-electron chi connectivity index (χ0n) is 15.2. The van der Waals surface area contributed by atoms with E-state index < -0.39 is 11.5 Å². The molecular formula is C21H15Cl2N3O3. The Morgan fingerprint density at radius 3 is 2.62 bits per heavy atom. The molecule has 0 spiro atoms. The summed E-state index contributed by atoms with van der Waals surface area (Å²) >= 11 is 12.1. The molecule has 6 nitrogen and oxygen atoms in total. The molecular weight excluding hydrogens is 413 g/mol. The normalized spacial score (nSPS) is 12.1. The fraction of sp³-hybridized carbons (Fsp3) is 0.0952. The number of halogens is 2. The van der Waals surface area contributed by atoms with Gasteiger partial charge in [0.05, 0.1) is 17.4 Å². The van der Waals surface area contributed by atoms with Crippen LogP contribution in [0.1, 0.15) is 28.9 Å². The van der Waals surface area contributed by atoms with Gasteiger partial charge >= 0.3 is 5.63 Å². The van der Waals surface area contributed by atoms with Crippen molar-refractivity contribution in [3.63, 3.8) is 0 Å². The molecule has 0 saturated carbocycles. The highest BCUT2D eigenvalue weighted by molar-refractivity contribution is 6.38. The second kappa shape index (κ2) is 7.73. The molecule has 0 aliphatic heterocycles. The summed E-state index contributed by atoms with van der Waals surface area (Å²) in [5.41, 5.74) is 1.16. The number of fused-ring (bicyclic) bond motifs is 1. The summed E-state index contributed by atoms with van der Waals surface area (Å²) in [6.45, 7) is 1.83. The molecule has 4 aromatic rings. The number of imidazole rings is 1. The second-order valence-corrected chi connectivity index (χ2v) is 7.35. The lowest BCUT2D eigenvalue weighted by Crippen LogP contribution is -2.30. The van der Waals surface area contributed by atoms with Gasteiger partial charge in [0.15, 0.2) is 5.58 Å². The summed E-state index contributed by atoms with van der Waals surface area (Å²) < 4.78 is 7.11. The van der Waals surface area contributed by atoms with Gasteiger partial charge in [-0.25, -0.2) is 9.78 Å². The van der Waals surface area contributed by atoms with Gasteiger partial charge in [-0.15, -0.1) is 0 Å². The van der Waals surface area contributed by atoms with Gasteiger partial charge in [-0.2, -0.15) is 0 Å². The standard InChI is InChI=1S/C21H15Cl2N3O3/c1-12(13-2-4-16(5-3-13)26-7-6-24-11-26)25-20(27)17-9-14-8-15(22)10-18(23)19(14)29-21(17)28/h2-12H,1H3,(H,25,27)/t12-/m0/s1. The van der Waals surface area contributed by atoms with Crippen LogP contribution in [0.4, 0.5) is 0 Å². The minimum absolute atomic E-state index is 0.113. The Labute approximate surface area is 175 Å². The molecule has 4 rings (SSSR count). The van der Waals surface area contributed by atoms with E-state index in [-0.39, 0.29) is 22.2 Å². The number of amides is 1. The Morgan fingerprint density at radius 1 is 1.17 bits per heavy atom. The van der Waals surface area contributed by atoms with Gasteiger partial charge in [0.1, 0.15) is 5.56 Å². The maximum absolute atomic E-state index is 12.7. The smallest absolute Gasteiger partial charge is 0.349 e. The molecule has 0 fully saturated rings. The van der Waals surface area contributed by atoms with E-state index in [0.29, 0.717) is 10.4 Å². The number of aromatic nitrogens is 2. The molecule has 8 heteroatoms. The summed E-state index contributed by atoms with van der Waals surface area (Å²) in [5.74, 6) is -0.539. The fourth-order valence-electron chi connectivity index (χ4n) is 3.02. The van der Waals surface area contributed by atoms with Crippen molar-refractivity contribution in [3.05, 3.63) is 92.8 Å². The first-order valence-electron chi connectivity index (χ1n) is 8.74. The first-order chi connectivity index (χ1) is 13.9. The Kier molecular flexibility index (Phi) is 5.13. The van der Waals surface area contributed by atoms with Gasteiger partial charge in [0, 0.05) is 28.5 Å². The third kappa shape index (κ3) is 3.90. The van der Waals surface area contributed by atoms with Gasteiger partial charge in [-0.05, 0) is 42.8 Å². The van der Waals surface area contributed by atoms with Gasteiger partial charge in [0.25, 0.3) is 5.91 Å². The molecule has 2 aromatic heterocycles. The topological polar surface area (TPSA) is 77.1 Å². The number of nitrogens with zero attached hydrogens (tertiary/aromatic N) is 2. The second-order valence-electron chi connectivity index (χ2n) is 6.51. The highest BCUT2D eigenvalue weighted by atomic mass is 35.5. The molecule has 29 heavy (non-hydrogen) atoms. The summed E-state index contributed by atoms with van der Waals surface area (Å²) in [6.07, 6.45) is 5.25. The number of hydrogen-bond acceptors (Lipinski definition) is 4. The number of rotatable bonds is 4. The van der Waals surface area contributed by atoms with Crippen molar-refractivity contribution >= 4 is 40.1 Å². The minimum atomic E-state index is -0.762. The first-order valence-corrected chi connectivity index (χ1v) is 9.50. The third-order valence-corrected chi connectivity index (χ3v) is 5.04. The number of carbonyl (C=O) groups is 1. The maximum atomic E-state index is 12.7. The maximum Gasteiger partial charge on any atom is 0.349 e. The summed E-state index contributed by atoms with van der Waals surface area (Å²) in [5, 5.41) is 3.89. The lowest BCUT2D eigenvalue weighted by molar-refractivity contribution is 0.0936. The predicted molar refractivity (Wildman–Crippen MR) is 112 cm³/mol. The average molecular weight is 428 g/mol. The van der Waals surface area contributed by atoms with Crippen molar-refractivity contribution in [3.8, 4) is 5.69 Å². The molecule has 1 N–H and O–H groups in total. The van der Waals surface area contributed by atoms with E-state index in [2.05, 4.69) is 10.3 Å². The van der Waals surface area contributed by atoms with E-state index in [1.165, 1.54) is 12.1 Å². The molecule has 1 atom stereocenters. The Hall–Kier alpha value is -3.09. The average Bonchev–Trinajstić information content (AvgIpc) is 3.23. The molecule has 2 aromatic carbocycles.